The molecule has 3 aromatic rings. The number of nitrogens with zero attached hydrogens (tertiary/aromatic N) is 5. The average molecular weight is 422 g/mol. The van der Waals surface area contributed by atoms with Gasteiger partial charge in [0.15, 0.2) is 5.65 Å². The van der Waals surface area contributed by atoms with E-state index in [0.29, 0.717) is 17.6 Å². The smallest absolute Gasteiger partial charge is 0.253 e. The number of rotatable bonds is 3. The molecular formula is C25H22N6O. The molecule has 1 aromatic carbocycles. The van der Waals surface area contributed by atoms with Gasteiger partial charge in [-0.25, -0.2) is 9.50 Å². The van der Waals surface area contributed by atoms with Crippen LogP contribution in [0.1, 0.15) is 17.7 Å². The van der Waals surface area contributed by atoms with Crippen LogP contribution in [0.25, 0.3) is 22.5 Å². The molecule has 0 radical (unpaired) electrons. The van der Waals surface area contributed by atoms with Crippen LogP contribution in [0.5, 0.6) is 0 Å². The minimum absolute atomic E-state index is 0.0707. The number of amides is 1. The Balaban J connectivity index is 1.46. The molecule has 3 heterocycles. The number of carbonyl (C=O) groups excluding carboxylic acids is 1. The molecule has 0 bridgehead atoms. The van der Waals surface area contributed by atoms with Gasteiger partial charge < -0.3 is 10.2 Å². The molecule has 1 saturated heterocycles. The van der Waals surface area contributed by atoms with Crippen molar-refractivity contribution in [2.75, 3.05) is 26.2 Å². The fourth-order valence-corrected chi connectivity index (χ4v) is 3.97. The predicted molar refractivity (Wildman–Crippen MR) is 122 cm³/mol. The molecule has 2 aromatic heterocycles. The highest BCUT2D eigenvalue weighted by atomic mass is 16.2. The number of benzene rings is 1. The molecule has 1 aliphatic carbocycles. The largest absolute Gasteiger partial charge is 0.336 e. The molecule has 1 amide bonds. The molecular weight excluding hydrogens is 400 g/mol. The van der Waals surface area contributed by atoms with Crippen molar-refractivity contribution in [3.8, 4) is 17.3 Å². The van der Waals surface area contributed by atoms with Crippen LogP contribution in [0.2, 0.25) is 0 Å². The second kappa shape index (κ2) is 8.61. The van der Waals surface area contributed by atoms with E-state index in [1.54, 1.807) is 18.3 Å². The lowest BCUT2D eigenvalue weighted by atomic mass is 10.1. The molecule has 0 saturated carbocycles. The Morgan fingerprint density at radius 3 is 2.66 bits per heavy atom. The van der Waals surface area contributed by atoms with Gasteiger partial charge in [-0.1, -0.05) is 30.4 Å². The fourth-order valence-electron chi connectivity index (χ4n) is 3.97. The molecule has 1 fully saturated rings. The van der Waals surface area contributed by atoms with E-state index < -0.39 is 0 Å². The molecule has 1 N–H and O–H groups in total. The monoisotopic (exact) mass is 422 g/mol. The van der Waals surface area contributed by atoms with E-state index in [4.69, 9.17) is 10.4 Å². The van der Waals surface area contributed by atoms with E-state index in [9.17, 15) is 4.79 Å². The topological polar surface area (TPSA) is 86.3 Å². The van der Waals surface area contributed by atoms with Crippen molar-refractivity contribution < 1.29 is 4.79 Å². The van der Waals surface area contributed by atoms with Gasteiger partial charge in [0.2, 0.25) is 0 Å². The first kappa shape index (κ1) is 19.9. The Morgan fingerprint density at radius 2 is 1.88 bits per heavy atom. The van der Waals surface area contributed by atoms with Crippen LogP contribution in [0, 0.1) is 11.3 Å². The summed E-state index contributed by atoms with van der Waals surface area (Å²) in [6, 6.07) is 13.4. The molecule has 0 atom stereocenters. The summed E-state index contributed by atoms with van der Waals surface area (Å²) >= 11 is 0. The van der Waals surface area contributed by atoms with Crippen LogP contribution in [-0.4, -0.2) is 51.6 Å². The number of nitriles is 1. The van der Waals surface area contributed by atoms with Crippen molar-refractivity contribution in [1.29, 1.82) is 5.26 Å². The van der Waals surface area contributed by atoms with Crippen molar-refractivity contribution in [2.45, 2.75) is 6.42 Å². The highest BCUT2D eigenvalue weighted by Gasteiger charge is 2.19. The van der Waals surface area contributed by atoms with Gasteiger partial charge in [-0.15, -0.1) is 0 Å². The van der Waals surface area contributed by atoms with Crippen LogP contribution < -0.4 is 5.32 Å². The Kier molecular flexibility index (Phi) is 5.36. The van der Waals surface area contributed by atoms with Gasteiger partial charge in [-0.2, -0.15) is 10.4 Å². The number of piperazine rings is 1. The van der Waals surface area contributed by atoms with E-state index in [0.717, 1.165) is 54.4 Å². The third kappa shape index (κ3) is 3.84. The van der Waals surface area contributed by atoms with Crippen molar-refractivity contribution in [1.82, 2.24) is 24.8 Å². The Labute approximate surface area is 186 Å². The van der Waals surface area contributed by atoms with Crippen molar-refractivity contribution in [3.05, 3.63) is 83.7 Å². The predicted octanol–water partition coefficient (Wildman–Crippen LogP) is 2.97. The average Bonchev–Trinajstić information content (AvgIpc) is 3.12. The Hall–Kier alpha value is -4.02. The zero-order valence-corrected chi connectivity index (χ0v) is 17.5. The molecule has 5 rings (SSSR count). The van der Waals surface area contributed by atoms with Crippen LogP contribution in [0.4, 0.5) is 0 Å². The first-order valence-corrected chi connectivity index (χ1v) is 10.7. The van der Waals surface area contributed by atoms with Crippen molar-refractivity contribution in [3.63, 3.8) is 0 Å². The second-order valence-corrected chi connectivity index (χ2v) is 7.78. The van der Waals surface area contributed by atoms with Crippen molar-refractivity contribution in [2.24, 2.45) is 0 Å². The summed E-state index contributed by atoms with van der Waals surface area (Å²) in [5.41, 5.74) is 5.74. The third-order valence-electron chi connectivity index (χ3n) is 5.75. The lowest BCUT2D eigenvalue weighted by molar-refractivity contribution is -0.127. The lowest BCUT2D eigenvalue weighted by Crippen LogP contribution is -2.46. The molecule has 0 unspecified atom stereocenters. The summed E-state index contributed by atoms with van der Waals surface area (Å²) in [5.74, 6) is 0.0707. The number of aromatic nitrogens is 3. The summed E-state index contributed by atoms with van der Waals surface area (Å²) in [4.78, 5) is 19.2. The summed E-state index contributed by atoms with van der Waals surface area (Å²) in [6.45, 7) is 3.13. The number of carbonyl (C=O) groups is 1. The summed E-state index contributed by atoms with van der Waals surface area (Å²) in [7, 11) is 0. The molecule has 7 nitrogen and oxygen atoms in total. The van der Waals surface area contributed by atoms with Gasteiger partial charge >= 0.3 is 0 Å². The quantitative estimate of drug-likeness (QED) is 0.701. The Bertz CT molecular complexity index is 1300. The maximum absolute atomic E-state index is 12.8. The minimum atomic E-state index is 0.0707. The van der Waals surface area contributed by atoms with Gasteiger partial charge in [-0.3, -0.25) is 4.79 Å². The van der Waals surface area contributed by atoms with Crippen LogP contribution >= 0.6 is 0 Å². The van der Waals surface area contributed by atoms with E-state index in [1.165, 1.54) is 0 Å². The first-order valence-electron chi connectivity index (χ1n) is 10.7. The highest BCUT2D eigenvalue weighted by molar-refractivity contribution is 5.97. The van der Waals surface area contributed by atoms with Gasteiger partial charge in [0.05, 0.1) is 29.2 Å². The normalized spacial score (nSPS) is 16.3. The SMILES string of the molecule is N#Cc1ccc(-c2cnc3ccc(C4=CC=C(C(=O)N5CCNCC5)C=CC4)nn23)cc1. The van der Waals surface area contributed by atoms with Gasteiger partial charge in [0.25, 0.3) is 5.91 Å². The number of nitrogens with one attached hydrogen (secondary N) is 1. The maximum Gasteiger partial charge on any atom is 0.253 e. The summed E-state index contributed by atoms with van der Waals surface area (Å²) in [6.07, 6.45) is 10.3. The molecule has 32 heavy (non-hydrogen) atoms. The number of hydrogen-bond acceptors (Lipinski definition) is 5. The van der Waals surface area contributed by atoms with Crippen LogP contribution in [0.3, 0.4) is 0 Å². The summed E-state index contributed by atoms with van der Waals surface area (Å²) in [5, 5.41) is 17.1. The van der Waals surface area contributed by atoms with E-state index in [1.807, 2.05) is 58.0 Å². The minimum Gasteiger partial charge on any atom is -0.336 e. The maximum atomic E-state index is 12.8. The fraction of sp³-hybridized carbons (Fsp3) is 0.200. The van der Waals surface area contributed by atoms with Crippen LogP contribution in [0.15, 0.2) is 72.5 Å². The molecule has 7 heteroatoms. The first-order chi connectivity index (χ1) is 15.7. The molecule has 1 aliphatic heterocycles. The van der Waals surface area contributed by atoms with E-state index >= 15 is 0 Å². The molecule has 2 aliphatic rings. The van der Waals surface area contributed by atoms with E-state index in [-0.39, 0.29) is 5.91 Å². The number of hydrogen-bond donors (Lipinski definition) is 1. The van der Waals surface area contributed by atoms with E-state index in [2.05, 4.69) is 16.4 Å². The lowest BCUT2D eigenvalue weighted by Gasteiger charge is -2.27. The Morgan fingerprint density at radius 1 is 1.06 bits per heavy atom. The standard InChI is InChI=1S/C25H22N6O/c26-16-18-4-6-20(7-5-18)23-17-28-24-11-10-22(29-31(23)24)19-2-1-3-21(9-8-19)25(32)30-14-12-27-13-15-30/h1,3-11,17,27H,2,12-15H2. The number of allylic oxidation sites excluding steroid dienone is 4. The zero-order valence-electron chi connectivity index (χ0n) is 17.5. The molecule has 0 spiro atoms. The van der Waals surface area contributed by atoms with Crippen molar-refractivity contribution >= 4 is 17.1 Å². The second-order valence-electron chi connectivity index (χ2n) is 7.78. The number of imidazole rings is 1. The van der Waals surface area contributed by atoms with Gasteiger partial charge in [-0.05, 0) is 42.3 Å². The summed E-state index contributed by atoms with van der Waals surface area (Å²) < 4.78 is 1.82. The van der Waals surface area contributed by atoms with Gasteiger partial charge in [0.1, 0.15) is 0 Å². The highest BCUT2D eigenvalue weighted by Crippen LogP contribution is 2.25. The number of fused-ring (bicyclic) bond motifs is 1. The third-order valence-corrected chi connectivity index (χ3v) is 5.75. The molecule has 158 valence electrons. The van der Waals surface area contributed by atoms with Gasteiger partial charge in [0, 0.05) is 37.3 Å². The zero-order chi connectivity index (χ0) is 21.9. The van der Waals surface area contributed by atoms with Crippen LogP contribution in [-0.2, 0) is 4.79 Å².